The average Bonchev–Trinajstić information content (AvgIpc) is 4.02. The Hall–Kier alpha value is -5.43. The second-order valence-electron chi connectivity index (χ2n) is 20.6. The third-order valence-corrected chi connectivity index (χ3v) is 19.2. The number of nitrogens with zero attached hydrogens (tertiary/aromatic N) is 3. The molecular formula is C65H65GeIrN3S-2. The maximum atomic E-state index is 9.04. The van der Waals surface area contributed by atoms with Crippen molar-refractivity contribution >= 4 is 60.2 Å². The van der Waals surface area contributed by atoms with E-state index in [9.17, 15) is 0 Å². The molecule has 0 bridgehead atoms. The summed E-state index contributed by atoms with van der Waals surface area (Å²) in [6.45, 7) is 7.05. The quantitative estimate of drug-likeness (QED) is 0.101. The number of thiophene rings is 1. The van der Waals surface area contributed by atoms with Crippen LogP contribution in [0.2, 0.25) is 17.3 Å². The van der Waals surface area contributed by atoms with E-state index in [0.717, 1.165) is 58.1 Å². The monoisotopic (exact) mass is 1190 g/mol. The third kappa shape index (κ3) is 10.9. The van der Waals surface area contributed by atoms with Crippen molar-refractivity contribution in [3.8, 4) is 50.6 Å². The molecule has 3 nitrogen and oxygen atoms in total. The normalized spacial score (nSPS) is 14.6. The van der Waals surface area contributed by atoms with Crippen LogP contribution in [0.4, 0.5) is 0 Å². The minimum Gasteiger partial charge on any atom is 0 e. The summed E-state index contributed by atoms with van der Waals surface area (Å²) in [4.78, 5) is 9.95. The number of hydrogen-bond donors (Lipinski definition) is 0. The fourth-order valence-electron chi connectivity index (χ4n) is 10.1. The predicted octanol–water partition coefficient (Wildman–Crippen LogP) is 18.0. The van der Waals surface area contributed by atoms with Crippen LogP contribution in [0.25, 0.3) is 81.8 Å². The number of para-hydroxylation sites is 2. The Kier molecular flexibility index (Phi) is 13.6. The Morgan fingerprint density at radius 1 is 0.676 bits per heavy atom. The van der Waals surface area contributed by atoms with Crippen LogP contribution in [-0.4, -0.2) is 27.8 Å². The molecule has 10 aromatic rings. The smallest absolute Gasteiger partial charge is 0 e. The van der Waals surface area contributed by atoms with Crippen molar-refractivity contribution in [2.45, 2.75) is 102 Å². The van der Waals surface area contributed by atoms with Gasteiger partial charge in [-0.15, -0.1) is 23.8 Å². The average molecular weight is 1190 g/mol. The molecule has 0 spiro atoms. The van der Waals surface area contributed by atoms with E-state index in [-0.39, 0.29) is 31.6 Å². The molecular weight excluding hydrogens is 1120 g/mol. The van der Waals surface area contributed by atoms with Gasteiger partial charge in [-0.2, -0.15) is 11.3 Å². The zero-order valence-electron chi connectivity index (χ0n) is 46.9. The van der Waals surface area contributed by atoms with Crippen LogP contribution in [-0.2, 0) is 26.5 Å². The Bertz CT molecular complexity index is 3620. The van der Waals surface area contributed by atoms with Crippen LogP contribution in [0.1, 0.15) is 101 Å². The van der Waals surface area contributed by atoms with Gasteiger partial charge in [-0.25, -0.2) is 0 Å². The van der Waals surface area contributed by atoms with Gasteiger partial charge in [0, 0.05) is 30.5 Å². The van der Waals surface area contributed by atoms with E-state index >= 15 is 0 Å². The first-order valence-electron chi connectivity index (χ1n) is 27.6. The Labute approximate surface area is 449 Å². The van der Waals surface area contributed by atoms with E-state index in [2.05, 4.69) is 194 Å². The SMILES string of the molecule is CC(C)c1cc(-c2ccccc2)cc(C(C)C)c1-n1c(-c2[c-]cc3sc4ccc(-c5ccccc5)cc4c3c2)nc2ccccc21.[2H]C([2H])([2H])c1c[c-]c(-c2cc(C([2H])([2H])C3CCCCC3)[c]([Ge]([CH3])([CH3])[CH3])cn2)cc1.[Ir]. The summed E-state index contributed by atoms with van der Waals surface area (Å²) in [6.07, 6.45) is 5.74. The second-order valence-corrected chi connectivity index (χ2v) is 32.2. The molecule has 1 fully saturated rings. The molecule has 1 radical (unpaired) electrons. The second kappa shape index (κ2) is 21.7. The third-order valence-electron chi connectivity index (χ3n) is 13.8. The van der Waals surface area contributed by atoms with Gasteiger partial charge in [-0.1, -0.05) is 112 Å². The molecule has 0 aliphatic heterocycles. The Balaban J connectivity index is 0.000000204. The van der Waals surface area contributed by atoms with E-state index in [4.69, 9.17) is 11.8 Å². The summed E-state index contributed by atoms with van der Waals surface area (Å²) in [7, 11) is 0. The molecule has 0 atom stereocenters. The van der Waals surface area contributed by atoms with Gasteiger partial charge in [0.2, 0.25) is 0 Å². The van der Waals surface area contributed by atoms with Gasteiger partial charge >= 0.3 is 157 Å². The maximum absolute atomic E-state index is 9.04. The molecule has 361 valence electrons. The number of pyridine rings is 1. The largest absolute Gasteiger partial charge is 0 e. The molecule has 6 heteroatoms. The molecule has 1 saturated carbocycles. The van der Waals surface area contributed by atoms with Crippen molar-refractivity contribution in [1.82, 2.24) is 14.5 Å². The van der Waals surface area contributed by atoms with Crippen molar-refractivity contribution in [1.29, 1.82) is 0 Å². The van der Waals surface area contributed by atoms with Crippen molar-refractivity contribution in [2.24, 2.45) is 5.92 Å². The number of hydrogen-bond acceptors (Lipinski definition) is 3. The van der Waals surface area contributed by atoms with Crippen molar-refractivity contribution in [3.63, 3.8) is 0 Å². The van der Waals surface area contributed by atoms with E-state index in [0.29, 0.717) is 23.1 Å². The summed E-state index contributed by atoms with van der Waals surface area (Å²) >= 11 is -0.517. The van der Waals surface area contributed by atoms with Crippen LogP contribution in [0.3, 0.4) is 0 Å². The first kappa shape index (κ1) is 44.3. The minimum atomic E-state index is -2.35. The van der Waals surface area contributed by atoms with Gasteiger partial charge in [0.05, 0.1) is 16.9 Å². The summed E-state index contributed by atoms with van der Waals surface area (Å²) in [5, 5.41) is 2.52. The standard InChI is InChI=1S/C43H35N2S.C22H30GeN.Ir/c1-27(2)34-25-33(30-15-9-6-10-16-30)26-35(28(3)4)42(34)45-39-18-12-11-17-38(39)44-43(45)32-20-22-41-37(24-32)36-23-31(19-21-40(36)46-41)29-13-7-5-8-14-29;1-17-10-12-19(13-11-17)22-15-20(14-18-8-6-5-7-9-18)21(16-24-22)23(2,3)4;/h5-19,21-28H,1-4H3;10-12,15-16,18H,5-9,14H2,1-4H3;/q2*-1;/i;1D3,14D2;. The maximum Gasteiger partial charge on any atom is 0 e. The minimum absolute atomic E-state index is 0. The summed E-state index contributed by atoms with van der Waals surface area (Å²) in [5.74, 6) is 8.41. The van der Waals surface area contributed by atoms with E-state index in [1.807, 2.05) is 23.6 Å². The van der Waals surface area contributed by atoms with Gasteiger partial charge in [-0.05, 0) is 91.7 Å². The molecule has 3 aromatic heterocycles. The summed E-state index contributed by atoms with van der Waals surface area (Å²) in [5.41, 5.74) is 14.4. The van der Waals surface area contributed by atoms with Gasteiger partial charge in [-0.3, -0.25) is 4.98 Å². The van der Waals surface area contributed by atoms with Gasteiger partial charge in [0.15, 0.2) is 0 Å². The molecule has 3 heterocycles. The van der Waals surface area contributed by atoms with Gasteiger partial charge < -0.3 is 4.57 Å². The topological polar surface area (TPSA) is 30.7 Å². The first-order valence-corrected chi connectivity index (χ1v) is 33.2. The number of aryl methyl sites for hydroxylation is 1. The number of imidazole rings is 1. The first-order chi connectivity index (χ1) is 35.9. The molecule has 71 heavy (non-hydrogen) atoms. The van der Waals surface area contributed by atoms with E-state index in [1.165, 1.54) is 71.7 Å². The molecule has 0 amide bonds. The van der Waals surface area contributed by atoms with E-state index in [1.54, 1.807) is 12.1 Å². The Morgan fingerprint density at radius 2 is 1.32 bits per heavy atom. The van der Waals surface area contributed by atoms with Crippen molar-refractivity contribution in [2.75, 3.05) is 0 Å². The fraction of sp³-hybridized carbons (Fsp3) is 0.262. The van der Waals surface area contributed by atoms with Crippen LogP contribution in [0, 0.1) is 24.9 Å². The zero-order valence-corrected chi connectivity index (χ0v) is 47.2. The molecule has 11 rings (SSSR count). The van der Waals surface area contributed by atoms with Gasteiger partial charge in [0.1, 0.15) is 0 Å². The van der Waals surface area contributed by atoms with Crippen LogP contribution < -0.4 is 4.40 Å². The van der Waals surface area contributed by atoms with Gasteiger partial charge in [0.25, 0.3) is 0 Å². The fourth-order valence-corrected chi connectivity index (χ4v) is 14.1. The van der Waals surface area contributed by atoms with Crippen LogP contribution in [0.5, 0.6) is 0 Å². The predicted molar refractivity (Wildman–Crippen MR) is 304 cm³/mol. The molecule has 1 aliphatic carbocycles. The van der Waals surface area contributed by atoms with Crippen molar-refractivity contribution < 1.29 is 27.0 Å². The molecule has 0 unspecified atom stereocenters. The summed E-state index contributed by atoms with van der Waals surface area (Å²) < 4.78 is 46.7. The number of fused-ring (bicyclic) bond motifs is 4. The molecule has 0 saturated heterocycles. The van der Waals surface area contributed by atoms with Crippen LogP contribution in [0.15, 0.2) is 158 Å². The molecule has 0 N–H and O–H groups in total. The van der Waals surface area contributed by atoms with E-state index < -0.39 is 26.5 Å². The Morgan fingerprint density at radius 3 is 1.97 bits per heavy atom. The number of aromatic nitrogens is 3. The van der Waals surface area contributed by atoms with Crippen molar-refractivity contribution in [3.05, 3.63) is 192 Å². The van der Waals surface area contributed by atoms with Crippen LogP contribution >= 0.6 is 11.3 Å². The molecule has 1 aliphatic rings. The molecule has 7 aromatic carbocycles. The number of rotatable bonds is 10. The zero-order chi connectivity index (χ0) is 52.8. The number of benzene rings is 7. The summed E-state index contributed by atoms with van der Waals surface area (Å²) in [6, 6.07) is 59.4.